The van der Waals surface area contributed by atoms with Crippen LogP contribution in [0.25, 0.3) is 0 Å². The van der Waals surface area contributed by atoms with Crippen molar-refractivity contribution in [2.45, 2.75) is 32.2 Å². The van der Waals surface area contributed by atoms with Gasteiger partial charge in [0.1, 0.15) is 5.76 Å². The number of hydrogen-bond donors (Lipinski definition) is 1. The second-order valence-electron chi connectivity index (χ2n) is 3.94. The van der Waals surface area contributed by atoms with Crippen molar-refractivity contribution < 1.29 is 4.42 Å². The Morgan fingerprint density at radius 3 is 3.00 bits per heavy atom. The zero-order valence-corrected chi connectivity index (χ0v) is 8.12. The maximum Gasteiger partial charge on any atom is 0.120 e. The molecule has 0 bridgehead atoms. The molecule has 2 nitrogen and oxygen atoms in total. The first-order valence-electron chi connectivity index (χ1n) is 5.13. The molecule has 72 valence electrons. The molecule has 2 heteroatoms. The predicted molar refractivity (Wildman–Crippen MR) is 52.5 cm³/mol. The summed E-state index contributed by atoms with van der Waals surface area (Å²) >= 11 is 0. The molecule has 1 aliphatic carbocycles. The summed E-state index contributed by atoms with van der Waals surface area (Å²) < 4.78 is 5.32. The van der Waals surface area contributed by atoms with Gasteiger partial charge in [-0.2, -0.15) is 0 Å². The Morgan fingerprint density at radius 2 is 2.46 bits per heavy atom. The summed E-state index contributed by atoms with van der Waals surface area (Å²) in [6, 6.07) is 4.32. The molecular weight excluding hydrogens is 162 g/mol. The first-order chi connectivity index (χ1) is 6.36. The second-order valence-corrected chi connectivity index (χ2v) is 3.94. The lowest BCUT2D eigenvalue weighted by atomic mass is 9.85. The molecule has 0 aliphatic heterocycles. The molecule has 1 aromatic rings. The highest BCUT2D eigenvalue weighted by molar-refractivity contribution is 5.02. The van der Waals surface area contributed by atoms with Crippen LogP contribution in [0, 0.1) is 5.92 Å². The van der Waals surface area contributed by atoms with Crippen LogP contribution in [-0.2, 0) is 0 Å². The smallest absolute Gasteiger partial charge is 0.120 e. The summed E-state index contributed by atoms with van der Waals surface area (Å²) in [5.41, 5.74) is 0. The topological polar surface area (TPSA) is 25.2 Å². The molecule has 13 heavy (non-hydrogen) atoms. The van der Waals surface area contributed by atoms with Gasteiger partial charge in [0.05, 0.1) is 12.3 Å². The SMILES string of the molecule is C[C@@H](NCC1CCC1)c1ccco1. The zero-order valence-electron chi connectivity index (χ0n) is 8.12. The first kappa shape index (κ1) is 8.82. The second kappa shape index (κ2) is 3.97. The van der Waals surface area contributed by atoms with Crippen LogP contribution in [0.1, 0.15) is 38.0 Å². The Hall–Kier alpha value is -0.760. The molecule has 2 rings (SSSR count). The number of nitrogens with one attached hydrogen (secondary N) is 1. The van der Waals surface area contributed by atoms with Crippen molar-refractivity contribution in [3.05, 3.63) is 24.2 Å². The number of furan rings is 1. The standard InChI is InChI=1S/C11H17NO/c1-9(11-6-3-7-13-11)12-8-10-4-2-5-10/h3,6-7,9-10,12H,2,4-5,8H2,1H3/t9-/m1/s1. The van der Waals surface area contributed by atoms with Crippen molar-refractivity contribution in [1.82, 2.24) is 5.32 Å². The van der Waals surface area contributed by atoms with Crippen LogP contribution in [0.3, 0.4) is 0 Å². The molecule has 0 unspecified atom stereocenters. The maximum absolute atomic E-state index is 5.32. The van der Waals surface area contributed by atoms with E-state index in [9.17, 15) is 0 Å². The largest absolute Gasteiger partial charge is 0.468 e. The van der Waals surface area contributed by atoms with Gasteiger partial charge in [-0.25, -0.2) is 0 Å². The van der Waals surface area contributed by atoms with Gasteiger partial charge < -0.3 is 9.73 Å². The Kier molecular flexibility index (Phi) is 2.69. The van der Waals surface area contributed by atoms with Gasteiger partial charge in [0.15, 0.2) is 0 Å². The van der Waals surface area contributed by atoms with Crippen LogP contribution < -0.4 is 5.32 Å². The molecule has 1 saturated carbocycles. The average molecular weight is 179 g/mol. The van der Waals surface area contributed by atoms with Crippen LogP contribution in [0.4, 0.5) is 0 Å². The van der Waals surface area contributed by atoms with Crippen LogP contribution in [0.15, 0.2) is 22.8 Å². The van der Waals surface area contributed by atoms with E-state index in [1.807, 2.05) is 12.1 Å². The minimum atomic E-state index is 0.357. The van der Waals surface area contributed by atoms with E-state index in [4.69, 9.17) is 4.42 Å². The third kappa shape index (κ3) is 2.13. The van der Waals surface area contributed by atoms with E-state index in [0.717, 1.165) is 18.2 Å². The molecule has 1 fully saturated rings. The molecular formula is C11H17NO. The van der Waals surface area contributed by atoms with Gasteiger partial charge in [-0.05, 0) is 44.4 Å². The molecule has 0 amide bonds. The van der Waals surface area contributed by atoms with Crippen LogP contribution >= 0.6 is 0 Å². The molecule has 0 aromatic carbocycles. The van der Waals surface area contributed by atoms with Crippen molar-refractivity contribution in [1.29, 1.82) is 0 Å². The van der Waals surface area contributed by atoms with Gasteiger partial charge in [-0.1, -0.05) is 6.42 Å². The van der Waals surface area contributed by atoms with E-state index >= 15 is 0 Å². The van der Waals surface area contributed by atoms with Crippen molar-refractivity contribution in [2.75, 3.05) is 6.54 Å². The average Bonchev–Trinajstić information content (AvgIpc) is 2.52. The Labute approximate surface area is 79.3 Å². The third-order valence-corrected chi connectivity index (χ3v) is 2.91. The van der Waals surface area contributed by atoms with Gasteiger partial charge in [-0.15, -0.1) is 0 Å². The normalized spacial score (nSPS) is 19.8. The summed E-state index contributed by atoms with van der Waals surface area (Å²) in [5.74, 6) is 1.96. The molecule has 0 radical (unpaired) electrons. The van der Waals surface area contributed by atoms with E-state index in [1.54, 1.807) is 6.26 Å². The quantitative estimate of drug-likeness (QED) is 0.768. The monoisotopic (exact) mass is 179 g/mol. The fourth-order valence-electron chi connectivity index (χ4n) is 1.68. The number of hydrogen-bond acceptors (Lipinski definition) is 2. The van der Waals surface area contributed by atoms with E-state index in [0.29, 0.717) is 6.04 Å². The van der Waals surface area contributed by atoms with Crippen LogP contribution in [-0.4, -0.2) is 6.54 Å². The molecule has 0 spiro atoms. The summed E-state index contributed by atoms with van der Waals surface area (Å²) in [7, 11) is 0. The fraction of sp³-hybridized carbons (Fsp3) is 0.636. The zero-order chi connectivity index (χ0) is 9.10. The van der Waals surface area contributed by atoms with Gasteiger partial charge in [0.25, 0.3) is 0 Å². The Balaban J connectivity index is 1.74. The lowest BCUT2D eigenvalue weighted by Crippen LogP contribution is -2.29. The van der Waals surface area contributed by atoms with Gasteiger partial charge >= 0.3 is 0 Å². The Bertz CT molecular complexity index is 239. The molecule has 0 saturated heterocycles. The van der Waals surface area contributed by atoms with Crippen molar-refractivity contribution in [2.24, 2.45) is 5.92 Å². The molecule has 1 atom stereocenters. The molecule has 1 N–H and O–H groups in total. The minimum Gasteiger partial charge on any atom is -0.468 e. The van der Waals surface area contributed by atoms with E-state index in [2.05, 4.69) is 12.2 Å². The van der Waals surface area contributed by atoms with Crippen molar-refractivity contribution >= 4 is 0 Å². The van der Waals surface area contributed by atoms with Gasteiger partial charge in [0.2, 0.25) is 0 Å². The minimum absolute atomic E-state index is 0.357. The lowest BCUT2D eigenvalue weighted by Gasteiger charge is -2.26. The van der Waals surface area contributed by atoms with Crippen LogP contribution in [0.5, 0.6) is 0 Å². The van der Waals surface area contributed by atoms with Crippen molar-refractivity contribution in [3.63, 3.8) is 0 Å². The van der Waals surface area contributed by atoms with Gasteiger partial charge in [0, 0.05) is 0 Å². The highest BCUT2D eigenvalue weighted by Gasteiger charge is 2.18. The Morgan fingerprint density at radius 1 is 1.62 bits per heavy atom. The summed E-state index contributed by atoms with van der Waals surface area (Å²) in [5, 5.41) is 3.49. The molecule has 1 aromatic heterocycles. The van der Waals surface area contributed by atoms with E-state index in [1.165, 1.54) is 19.3 Å². The van der Waals surface area contributed by atoms with Crippen molar-refractivity contribution in [3.8, 4) is 0 Å². The number of rotatable bonds is 4. The fourth-order valence-corrected chi connectivity index (χ4v) is 1.68. The highest BCUT2D eigenvalue weighted by Crippen LogP contribution is 2.26. The van der Waals surface area contributed by atoms with E-state index < -0.39 is 0 Å². The van der Waals surface area contributed by atoms with Gasteiger partial charge in [-0.3, -0.25) is 0 Å². The highest BCUT2D eigenvalue weighted by atomic mass is 16.3. The predicted octanol–water partition coefficient (Wildman–Crippen LogP) is 2.73. The summed E-state index contributed by atoms with van der Waals surface area (Å²) in [6.45, 7) is 3.29. The van der Waals surface area contributed by atoms with E-state index in [-0.39, 0.29) is 0 Å². The third-order valence-electron chi connectivity index (χ3n) is 2.91. The maximum atomic E-state index is 5.32. The molecule has 1 aliphatic rings. The first-order valence-corrected chi connectivity index (χ1v) is 5.13. The van der Waals surface area contributed by atoms with Crippen LogP contribution in [0.2, 0.25) is 0 Å². The summed E-state index contributed by atoms with van der Waals surface area (Å²) in [4.78, 5) is 0. The summed E-state index contributed by atoms with van der Waals surface area (Å²) in [6.07, 6.45) is 5.95. The molecule has 1 heterocycles. The lowest BCUT2D eigenvalue weighted by molar-refractivity contribution is 0.285.